The quantitative estimate of drug-likeness (QED) is 0.463. The highest BCUT2D eigenvalue weighted by Crippen LogP contribution is 2.28. The van der Waals surface area contributed by atoms with Crippen LogP contribution in [0.25, 0.3) is 0 Å². The van der Waals surface area contributed by atoms with Crippen LogP contribution in [0, 0.1) is 20.2 Å². The van der Waals surface area contributed by atoms with E-state index < -0.39 is 15.5 Å². The van der Waals surface area contributed by atoms with Gasteiger partial charge in [0.15, 0.2) is 0 Å². The monoisotopic (exact) mass is 342 g/mol. The van der Waals surface area contributed by atoms with Gasteiger partial charge in [0.1, 0.15) is 5.69 Å². The van der Waals surface area contributed by atoms with Crippen LogP contribution in [0.4, 0.5) is 17.1 Å². The Labute approximate surface area is 144 Å². The molecule has 25 heavy (non-hydrogen) atoms. The zero-order chi connectivity index (χ0) is 18.4. The van der Waals surface area contributed by atoms with Crippen LogP contribution < -0.4 is 5.43 Å². The molecular weight excluding hydrogens is 324 g/mol. The average molecular weight is 342 g/mol. The summed E-state index contributed by atoms with van der Waals surface area (Å²) in [6, 6.07) is 9.50. The first-order chi connectivity index (χ1) is 12.0. The molecule has 0 fully saturated rings. The van der Waals surface area contributed by atoms with E-state index in [1.165, 1.54) is 17.7 Å². The lowest BCUT2D eigenvalue weighted by Gasteiger charge is -2.06. The predicted molar refractivity (Wildman–Crippen MR) is 96.2 cm³/mol. The van der Waals surface area contributed by atoms with E-state index >= 15 is 0 Å². The molecule has 2 rings (SSSR count). The number of nitrogens with one attached hydrogen (secondary N) is 1. The molecule has 0 aromatic heterocycles. The smallest absolute Gasteiger partial charge is 0.272 e. The Bertz CT molecular complexity index is 833. The van der Waals surface area contributed by atoms with E-state index in [9.17, 15) is 20.2 Å². The summed E-state index contributed by atoms with van der Waals surface area (Å²) in [5.41, 5.74) is 5.16. The molecule has 0 saturated carbocycles. The summed E-state index contributed by atoms with van der Waals surface area (Å²) in [7, 11) is 0. The number of non-ortho nitro benzene ring substituents is 1. The van der Waals surface area contributed by atoms with Crippen molar-refractivity contribution in [1.82, 2.24) is 0 Å². The van der Waals surface area contributed by atoms with E-state index in [0.29, 0.717) is 0 Å². The highest BCUT2D eigenvalue weighted by molar-refractivity contribution is 5.83. The van der Waals surface area contributed by atoms with E-state index in [4.69, 9.17) is 0 Å². The Balaban J connectivity index is 2.28. The molecule has 0 spiro atoms. The molecule has 0 amide bonds. The number of hydrogen-bond acceptors (Lipinski definition) is 6. The van der Waals surface area contributed by atoms with E-state index in [2.05, 4.69) is 23.5 Å². The summed E-state index contributed by atoms with van der Waals surface area (Å²) in [6.45, 7) is 4.09. The Morgan fingerprint density at radius 3 is 2.40 bits per heavy atom. The van der Waals surface area contributed by atoms with Crippen molar-refractivity contribution < 1.29 is 9.85 Å². The minimum Gasteiger partial charge on any atom is -0.272 e. The molecule has 8 heteroatoms. The highest BCUT2D eigenvalue weighted by Gasteiger charge is 2.19. The first-order valence-corrected chi connectivity index (χ1v) is 7.80. The molecule has 0 heterocycles. The van der Waals surface area contributed by atoms with Crippen LogP contribution in [0.15, 0.2) is 41.5 Å². The molecule has 0 saturated heterocycles. The topological polar surface area (TPSA) is 111 Å². The van der Waals surface area contributed by atoms with E-state index in [-0.39, 0.29) is 11.4 Å². The summed E-state index contributed by atoms with van der Waals surface area (Å²) < 4.78 is 0. The third kappa shape index (κ3) is 4.37. The number of aryl methyl sites for hydroxylation is 2. The van der Waals surface area contributed by atoms with Gasteiger partial charge in [0.05, 0.1) is 22.1 Å². The van der Waals surface area contributed by atoms with E-state index in [1.54, 1.807) is 6.21 Å². The molecule has 2 aromatic carbocycles. The summed E-state index contributed by atoms with van der Waals surface area (Å²) in [5.74, 6) is 0. The lowest BCUT2D eigenvalue weighted by atomic mass is 10.0. The van der Waals surface area contributed by atoms with Gasteiger partial charge in [0, 0.05) is 6.07 Å². The van der Waals surface area contributed by atoms with Crippen molar-refractivity contribution in [1.29, 1.82) is 0 Å². The van der Waals surface area contributed by atoms with Gasteiger partial charge in [-0.15, -0.1) is 0 Å². The fourth-order valence-electron chi connectivity index (χ4n) is 2.36. The largest absolute Gasteiger partial charge is 0.301 e. The van der Waals surface area contributed by atoms with Crippen molar-refractivity contribution in [3.8, 4) is 0 Å². The molecule has 0 radical (unpaired) electrons. The van der Waals surface area contributed by atoms with Gasteiger partial charge in [-0.05, 0) is 41.7 Å². The molecule has 1 N–H and O–H groups in total. The van der Waals surface area contributed by atoms with Gasteiger partial charge in [-0.1, -0.05) is 26.0 Å². The Kier molecular flexibility index (Phi) is 5.78. The number of anilines is 1. The van der Waals surface area contributed by atoms with Crippen molar-refractivity contribution in [2.45, 2.75) is 26.7 Å². The molecular formula is C17H18N4O4. The summed E-state index contributed by atoms with van der Waals surface area (Å²) in [6.07, 6.45) is 3.33. The highest BCUT2D eigenvalue weighted by atomic mass is 16.6. The SMILES string of the molecule is CCc1ccc(CC)c(/C=N/Nc2ccc([N+](=O)[O-])cc2[N+](=O)[O-])c1. The van der Waals surface area contributed by atoms with Crippen LogP contribution in [0.1, 0.15) is 30.5 Å². The number of nitro benzene ring substituents is 2. The van der Waals surface area contributed by atoms with Gasteiger partial charge >= 0.3 is 5.69 Å². The van der Waals surface area contributed by atoms with Crippen molar-refractivity contribution >= 4 is 23.3 Å². The number of nitrogens with zero attached hydrogens (tertiary/aromatic N) is 3. The summed E-state index contributed by atoms with van der Waals surface area (Å²) in [5, 5.41) is 25.9. The van der Waals surface area contributed by atoms with Gasteiger partial charge < -0.3 is 0 Å². The standard InChI is InChI=1S/C17H18N4O4/c1-3-12-5-6-13(4-2)14(9-12)11-18-19-16-8-7-15(20(22)23)10-17(16)21(24)25/h5-11,19H,3-4H2,1-2H3/b18-11+. The Hall–Kier alpha value is -3.29. The van der Waals surface area contributed by atoms with Crippen molar-refractivity contribution in [2.24, 2.45) is 5.10 Å². The Morgan fingerprint density at radius 2 is 1.80 bits per heavy atom. The lowest BCUT2D eigenvalue weighted by Crippen LogP contribution is -2.00. The predicted octanol–water partition coefficient (Wildman–Crippen LogP) is 4.07. The number of nitro groups is 2. The zero-order valence-electron chi connectivity index (χ0n) is 13.9. The first kappa shape index (κ1) is 18.1. The van der Waals surface area contributed by atoms with Gasteiger partial charge in [0.2, 0.25) is 0 Å². The molecule has 0 atom stereocenters. The van der Waals surface area contributed by atoms with Crippen molar-refractivity contribution in [3.05, 3.63) is 73.3 Å². The third-order valence-corrected chi connectivity index (χ3v) is 3.78. The number of hydrazone groups is 1. The van der Waals surface area contributed by atoms with Crippen molar-refractivity contribution in [3.63, 3.8) is 0 Å². The zero-order valence-corrected chi connectivity index (χ0v) is 13.9. The number of rotatable bonds is 7. The molecule has 2 aromatic rings. The Morgan fingerprint density at radius 1 is 1.04 bits per heavy atom. The second-order valence-electron chi connectivity index (χ2n) is 5.33. The average Bonchev–Trinajstić information content (AvgIpc) is 2.61. The molecule has 8 nitrogen and oxygen atoms in total. The third-order valence-electron chi connectivity index (χ3n) is 3.78. The maximum Gasteiger partial charge on any atom is 0.301 e. The molecule has 0 aliphatic carbocycles. The second-order valence-corrected chi connectivity index (χ2v) is 5.33. The number of hydrogen-bond donors (Lipinski definition) is 1. The molecule has 0 unspecified atom stereocenters. The second kappa shape index (κ2) is 8.00. The molecule has 130 valence electrons. The summed E-state index contributed by atoms with van der Waals surface area (Å²) >= 11 is 0. The van der Waals surface area contributed by atoms with Crippen LogP contribution in [0.2, 0.25) is 0 Å². The fourth-order valence-corrected chi connectivity index (χ4v) is 2.36. The summed E-state index contributed by atoms with van der Waals surface area (Å²) in [4.78, 5) is 20.5. The van der Waals surface area contributed by atoms with Crippen LogP contribution in [-0.4, -0.2) is 16.1 Å². The van der Waals surface area contributed by atoms with Gasteiger partial charge in [-0.3, -0.25) is 25.7 Å². The molecule has 0 aliphatic heterocycles. The molecule has 0 bridgehead atoms. The minimum absolute atomic E-state index is 0.0940. The lowest BCUT2D eigenvalue weighted by molar-refractivity contribution is -0.393. The number of benzene rings is 2. The van der Waals surface area contributed by atoms with Crippen LogP contribution >= 0.6 is 0 Å². The van der Waals surface area contributed by atoms with Crippen molar-refractivity contribution in [2.75, 3.05) is 5.43 Å². The molecule has 0 aliphatic rings. The van der Waals surface area contributed by atoms with Gasteiger partial charge in [-0.2, -0.15) is 5.10 Å². The van der Waals surface area contributed by atoms with Gasteiger partial charge in [-0.25, -0.2) is 0 Å². The minimum atomic E-state index is -0.681. The van der Waals surface area contributed by atoms with Crippen LogP contribution in [-0.2, 0) is 12.8 Å². The van der Waals surface area contributed by atoms with Gasteiger partial charge in [0.25, 0.3) is 5.69 Å². The van der Waals surface area contributed by atoms with E-state index in [1.807, 2.05) is 19.1 Å². The van der Waals surface area contributed by atoms with Crippen LogP contribution in [0.5, 0.6) is 0 Å². The van der Waals surface area contributed by atoms with Crippen LogP contribution in [0.3, 0.4) is 0 Å². The normalized spacial score (nSPS) is 10.8. The maximum absolute atomic E-state index is 11.1. The van der Waals surface area contributed by atoms with E-state index in [0.717, 1.165) is 30.0 Å². The first-order valence-electron chi connectivity index (χ1n) is 7.80. The maximum atomic E-state index is 11.1. The fraction of sp³-hybridized carbons (Fsp3) is 0.235.